The fourth-order valence-electron chi connectivity index (χ4n) is 1.39. The number of hydrogen-bond donors (Lipinski definition) is 2. The highest BCUT2D eigenvalue weighted by Crippen LogP contribution is 2.27. The largest absolute Gasteiger partial charge is 0.478 e. The molecule has 1 aromatic carbocycles. The maximum absolute atomic E-state index is 10.8. The van der Waals surface area contributed by atoms with E-state index in [0.29, 0.717) is 15.4 Å². The molecule has 2 N–H and O–H groups in total. The van der Waals surface area contributed by atoms with Gasteiger partial charge in [0.15, 0.2) is 0 Å². The summed E-state index contributed by atoms with van der Waals surface area (Å²) in [7, 11) is 0. The Kier molecular flexibility index (Phi) is 2.39. The minimum atomic E-state index is -1.22. The van der Waals surface area contributed by atoms with E-state index in [2.05, 4.69) is 21.0 Å². The van der Waals surface area contributed by atoms with Gasteiger partial charge < -0.3 is 10.2 Å². The number of carboxylic acid groups (broad SMARTS) is 2. The van der Waals surface area contributed by atoms with E-state index in [1.807, 2.05) is 0 Å². The van der Waals surface area contributed by atoms with Crippen molar-refractivity contribution < 1.29 is 19.8 Å². The van der Waals surface area contributed by atoms with E-state index in [1.165, 1.54) is 18.3 Å². The molecule has 0 bridgehead atoms. The van der Waals surface area contributed by atoms with Gasteiger partial charge in [-0.05, 0) is 28.1 Å². The number of rotatable bonds is 1. The fraction of sp³-hybridized carbons (Fsp3) is 0. The number of aromatic carboxylic acids is 1. The van der Waals surface area contributed by atoms with Crippen LogP contribution in [0.15, 0.2) is 22.8 Å². The minimum absolute atomic E-state index is 0.0671. The van der Waals surface area contributed by atoms with Crippen LogP contribution in [0, 0.1) is 0 Å². The zero-order valence-electron chi connectivity index (χ0n) is 7.72. The van der Waals surface area contributed by atoms with Crippen LogP contribution in [0.1, 0.15) is 10.4 Å². The second-order valence-electron chi connectivity index (χ2n) is 3.00. The molecule has 0 unspecified atom stereocenters. The van der Waals surface area contributed by atoms with Crippen molar-refractivity contribution in [1.82, 2.24) is 9.78 Å². The minimum Gasteiger partial charge on any atom is -0.478 e. The fourth-order valence-corrected chi connectivity index (χ4v) is 1.99. The van der Waals surface area contributed by atoms with Crippen LogP contribution in [0.4, 0.5) is 4.79 Å². The van der Waals surface area contributed by atoms with Crippen molar-refractivity contribution in [2.24, 2.45) is 0 Å². The normalized spacial score (nSPS) is 10.6. The molecule has 0 aliphatic heterocycles. The van der Waals surface area contributed by atoms with Gasteiger partial charge in [0.1, 0.15) is 0 Å². The summed E-state index contributed by atoms with van der Waals surface area (Å²) in [6, 6.07) is 2.74. The number of nitrogens with zero attached hydrogens (tertiary/aromatic N) is 2. The monoisotopic (exact) mass is 284 g/mol. The average molecular weight is 285 g/mol. The number of aromatic nitrogens is 2. The van der Waals surface area contributed by atoms with Crippen LogP contribution in [0.3, 0.4) is 0 Å². The van der Waals surface area contributed by atoms with Gasteiger partial charge in [0.2, 0.25) is 0 Å². The number of hydrogen-bond acceptors (Lipinski definition) is 3. The standard InChI is InChI=1S/C9H5BrN2O4/c10-7-4(8(13)14)1-2-6-5(7)3-11-12(6)9(15)16/h1-3H,(H,13,14)(H,15,16). The van der Waals surface area contributed by atoms with Crippen LogP contribution in [0.25, 0.3) is 10.9 Å². The molecule has 0 atom stereocenters. The van der Waals surface area contributed by atoms with Crippen LogP contribution in [0.5, 0.6) is 0 Å². The molecule has 0 aliphatic rings. The highest BCUT2D eigenvalue weighted by Gasteiger charge is 2.16. The Bertz CT molecular complexity index is 605. The molecule has 0 saturated heterocycles. The summed E-state index contributed by atoms with van der Waals surface area (Å²) in [4.78, 5) is 21.6. The van der Waals surface area contributed by atoms with Gasteiger partial charge in [-0.25, -0.2) is 9.59 Å². The molecule has 1 aromatic heterocycles. The van der Waals surface area contributed by atoms with E-state index in [9.17, 15) is 9.59 Å². The van der Waals surface area contributed by atoms with E-state index in [4.69, 9.17) is 10.2 Å². The Morgan fingerprint density at radius 2 is 2.00 bits per heavy atom. The lowest BCUT2D eigenvalue weighted by atomic mass is 10.1. The Morgan fingerprint density at radius 3 is 2.56 bits per heavy atom. The third kappa shape index (κ3) is 1.45. The SMILES string of the molecule is O=C(O)c1ccc2c(cnn2C(=O)O)c1Br. The van der Waals surface area contributed by atoms with Crippen LogP contribution in [-0.2, 0) is 0 Å². The van der Waals surface area contributed by atoms with Gasteiger partial charge in [-0.15, -0.1) is 0 Å². The summed E-state index contributed by atoms with van der Waals surface area (Å²) in [5.41, 5.74) is 0.404. The molecule has 2 rings (SSSR count). The predicted octanol–water partition coefficient (Wildman–Crippen LogP) is 2.02. The molecular formula is C9H5BrN2O4. The molecule has 0 fully saturated rings. The van der Waals surface area contributed by atoms with Crippen LogP contribution >= 0.6 is 15.9 Å². The molecule has 0 saturated carbocycles. The lowest BCUT2D eigenvalue weighted by Gasteiger charge is -2.00. The molecular weight excluding hydrogens is 280 g/mol. The first-order valence-corrected chi connectivity index (χ1v) is 4.94. The molecule has 2 aromatic rings. The summed E-state index contributed by atoms with van der Waals surface area (Å²) in [5.74, 6) is -1.09. The third-order valence-corrected chi connectivity index (χ3v) is 2.95. The Balaban J connectivity index is 2.78. The van der Waals surface area contributed by atoms with Crippen molar-refractivity contribution in [2.75, 3.05) is 0 Å². The van der Waals surface area contributed by atoms with E-state index in [0.717, 1.165) is 4.68 Å². The zero-order chi connectivity index (χ0) is 11.9. The summed E-state index contributed by atoms with van der Waals surface area (Å²) in [6.45, 7) is 0. The summed E-state index contributed by atoms with van der Waals surface area (Å²) in [6.07, 6.45) is 0.0879. The van der Waals surface area contributed by atoms with Gasteiger partial charge in [0.25, 0.3) is 0 Å². The van der Waals surface area contributed by atoms with E-state index < -0.39 is 12.1 Å². The van der Waals surface area contributed by atoms with Gasteiger partial charge in [-0.3, -0.25) is 0 Å². The maximum Gasteiger partial charge on any atom is 0.432 e. The summed E-state index contributed by atoms with van der Waals surface area (Å²) >= 11 is 3.12. The quantitative estimate of drug-likeness (QED) is 0.836. The van der Waals surface area contributed by atoms with Gasteiger partial charge >= 0.3 is 12.1 Å². The van der Waals surface area contributed by atoms with Crippen LogP contribution in [-0.4, -0.2) is 32.1 Å². The number of carboxylic acids is 1. The lowest BCUT2D eigenvalue weighted by Crippen LogP contribution is -2.09. The van der Waals surface area contributed by atoms with Gasteiger partial charge in [-0.1, -0.05) is 0 Å². The third-order valence-electron chi connectivity index (χ3n) is 2.10. The topological polar surface area (TPSA) is 92.4 Å². The van der Waals surface area contributed by atoms with E-state index in [1.54, 1.807) is 0 Å². The van der Waals surface area contributed by atoms with Gasteiger partial charge in [0.05, 0.1) is 17.3 Å². The molecule has 0 aliphatic carbocycles. The van der Waals surface area contributed by atoms with E-state index in [-0.39, 0.29) is 5.56 Å². The first-order chi connectivity index (χ1) is 7.52. The van der Waals surface area contributed by atoms with Crippen LogP contribution < -0.4 is 0 Å². The highest BCUT2D eigenvalue weighted by molar-refractivity contribution is 9.10. The number of carbonyl (C=O) groups is 2. The smallest absolute Gasteiger partial charge is 0.432 e. The molecule has 7 heteroatoms. The second-order valence-corrected chi connectivity index (χ2v) is 3.80. The van der Waals surface area contributed by atoms with Crippen molar-refractivity contribution in [2.45, 2.75) is 0 Å². The number of fused-ring (bicyclic) bond motifs is 1. The molecule has 6 nitrogen and oxygen atoms in total. The van der Waals surface area contributed by atoms with Crippen molar-refractivity contribution in [3.05, 3.63) is 28.4 Å². The van der Waals surface area contributed by atoms with Crippen molar-refractivity contribution >= 4 is 38.9 Å². The molecule has 0 spiro atoms. The second kappa shape index (κ2) is 3.60. The van der Waals surface area contributed by atoms with Crippen molar-refractivity contribution in [3.8, 4) is 0 Å². The summed E-state index contributed by atoms with van der Waals surface area (Å²) < 4.78 is 1.11. The Morgan fingerprint density at radius 1 is 1.31 bits per heavy atom. The Labute approximate surface area is 97.2 Å². The molecule has 82 valence electrons. The molecule has 1 heterocycles. The zero-order valence-corrected chi connectivity index (χ0v) is 9.30. The number of benzene rings is 1. The highest BCUT2D eigenvalue weighted by atomic mass is 79.9. The maximum atomic E-state index is 10.8. The molecule has 0 radical (unpaired) electrons. The summed E-state index contributed by atoms with van der Waals surface area (Å²) in [5, 5.41) is 21.8. The van der Waals surface area contributed by atoms with Crippen LogP contribution in [0.2, 0.25) is 0 Å². The first-order valence-electron chi connectivity index (χ1n) is 4.15. The van der Waals surface area contributed by atoms with Crippen molar-refractivity contribution in [1.29, 1.82) is 0 Å². The Hall–Kier alpha value is -1.89. The first kappa shape index (κ1) is 10.6. The lowest BCUT2D eigenvalue weighted by molar-refractivity contribution is 0.0696. The predicted molar refractivity (Wildman–Crippen MR) is 57.8 cm³/mol. The molecule has 0 amide bonds. The van der Waals surface area contributed by atoms with Crippen molar-refractivity contribution in [3.63, 3.8) is 0 Å². The number of halogens is 1. The molecule has 16 heavy (non-hydrogen) atoms. The van der Waals surface area contributed by atoms with Gasteiger partial charge in [0, 0.05) is 9.86 Å². The van der Waals surface area contributed by atoms with E-state index >= 15 is 0 Å². The average Bonchev–Trinajstić information content (AvgIpc) is 2.61. The van der Waals surface area contributed by atoms with Gasteiger partial charge in [-0.2, -0.15) is 9.78 Å².